The minimum absolute atomic E-state index is 0.194. The van der Waals surface area contributed by atoms with Gasteiger partial charge in [0.2, 0.25) is 0 Å². The summed E-state index contributed by atoms with van der Waals surface area (Å²) in [5.41, 5.74) is 0.881. The highest BCUT2D eigenvalue weighted by Gasteiger charge is 2.23. The van der Waals surface area contributed by atoms with Gasteiger partial charge in [0.1, 0.15) is 11.4 Å². The first-order valence-corrected chi connectivity index (χ1v) is 8.12. The van der Waals surface area contributed by atoms with Crippen molar-refractivity contribution in [3.63, 3.8) is 0 Å². The molecule has 6 nitrogen and oxygen atoms in total. The standard InChI is InChI=1S/C17H28N4O2/c1-13(15-18-8-11-20(15)5)19-12-14-6-9-21(10-7-14)16(22)23-17(2,3)4/h6,8,11,13,19H,7,9-10,12H2,1-5H3. The number of carbonyl (C=O) groups is 1. The molecule has 0 radical (unpaired) electrons. The summed E-state index contributed by atoms with van der Waals surface area (Å²) in [6.45, 7) is 9.91. The Morgan fingerprint density at radius 1 is 1.48 bits per heavy atom. The van der Waals surface area contributed by atoms with Gasteiger partial charge in [0.15, 0.2) is 0 Å². The van der Waals surface area contributed by atoms with Crippen LogP contribution in [0, 0.1) is 0 Å². The van der Waals surface area contributed by atoms with Crippen LogP contribution in [0.15, 0.2) is 24.0 Å². The van der Waals surface area contributed by atoms with Crippen LogP contribution < -0.4 is 5.32 Å². The van der Waals surface area contributed by atoms with E-state index in [1.807, 2.05) is 44.8 Å². The lowest BCUT2D eigenvalue weighted by Crippen LogP contribution is -2.40. The number of nitrogens with zero attached hydrogens (tertiary/aromatic N) is 3. The van der Waals surface area contributed by atoms with Crippen molar-refractivity contribution in [3.05, 3.63) is 29.9 Å². The summed E-state index contributed by atoms with van der Waals surface area (Å²) in [5.74, 6) is 1.02. The molecule has 0 aliphatic carbocycles. The maximum atomic E-state index is 12.0. The number of carbonyl (C=O) groups excluding carboxylic acids is 1. The molecule has 6 heteroatoms. The molecule has 1 unspecified atom stereocenters. The Kier molecular flexibility index (Phi) is 5.46. The second kappa shape index (κ2) is 7.17. The molecule has 1 aromatic heterocycles. The third-order valence-corrected chi connectivity index (χ3v) is 3.84. The molecule has 2 heterocycles. The predicted molar refractivity (Wildman–Crippen MR) is 90.1 cm³/mol. The Bertz CT molecular complexity index is 571. The fraction of sp³-hybridized carbons (Fsp3) is 0.647. The lowest BCUT2D eigenvalue weighted by atomic mass is 10.1. The Labute approximate surface area is 138 Å². The van der Waals surface area contributed by atoms with Gasteiger partial charge in [-0.15, -0.1) is 0 Å². The van der Waals surface area contributed by atoms with E-state index in [1.165, 1.54) is 5.57 Å². The van der Waals surface area contributed by atoms with Gasteiger partial charge >= 0.3 is 6.09 Å². The van der Waals surface area contributed by atoms with Crippen LogP contribution in [0.3, 0.4) is 0 Å². The lowest BCUT2D eigenvalue weighted by molar-refractivity contribution is 0.0265. The van der Waals surface area contributed by atoms with Gasteiger partial charge in [0.25, 0.3) is 0 Å². The van der Waals surface area contributed by atoms with Gasteiger partial charge in [-0.1, -0.05) is 11.6 Å². The van der Waals surface area contributed by atoms with E-state index in [4.69, 9.17) is 4.74 Å². The van der Waals surface area contributed by atoms with E-state index >= 15 is 0 Å². The van der Waals surface area contributed by atoms with Crippen molar-refractivity contribution in [2.75, 3.05) is 19.6 Å². The fourth-order valence-electron chi connectivity index (χ4n) is 2.53. The second-order valence-electron chi connectivity index (χ2n) is 7.04. The molecule has 0 saturated heterocycles. The molecular weight excluding hydrogens is 292 g/mol. The second-order valence-corrected chi connectivity index (χ2v) is 7.04. The monoisotopic (exact) mass is 320 g/mol. The van der Waals surface area contributed by atoms with E-state index in [9.17, 15) is 4.79 Å². The summed E-state index contributed by atoms with van der Waals surface area (Å²) in [5, 5.41) is 3.49. The van der Waals surface area contributed by atoms with Crippen LogP contribution in [-0.4, -0.2) is 45.8 Å². The predicted octanol–water partition coefficient (Wildman–Crippen LogP) is 2.64. The van der Waals surface area contributed by atoms with Crippen molar-refractivity contribution in [1.82, 2.24) is 19.8 Å². The van der Waals surface area contributed by atoms with E-state index in [0.29, 0.717) is 13.1 Å². The molecule has 1 N–H and O–H groups in total. The molecule has 2 rings (SSSR count). The number of hydrogen-bond donors (Lipinski definition) is 1. The van der Waals surface area contributed by atoms with E-state index in [0.717, 1.165) is 18.8 Å². The van der Waals surface area contributed by atoms with Crippen LogP contribution >= 0.6 is 0 Å². The van der Waals surface area contributed by atoms with E-state index in [1.54, 1.807) is 4.90 Å². The van der Waals surface area contributed by atoms with Gasteiger partial charge in [0, 0.05) is 39.1 Å². The average Bonchev–Trinajstić information content (AvgIpc) is 2.90. The number of imidazole rings is 1. The number of aryl methyl sites for hydroxylation is 1. The molecule has 1 aromatic rings. The molecule has 1 aliphatic rings. The number of amides is 1. The number of rotatable bonds is 4. The molecule has 1 atom stereocenters. The first kappa shape index (κ1) is 17.5. The highest BCUT2D eigenvalue weighted by molar-refractivity contribution is 5.68. The van der Waals surface area contributed by atoms with Crippen molar-refractivity contribution < 1.29 is 9.53 Å². The van der Waals surface area contributed by atoms with Crippen molar-refractivity contribution in [2.45, 2.75) is 45.8 Å². The normalized spacial score (nSPS) is 16.9. The van der Waals surface area contributed by atoms with E-state index < -0.39 is 5.60 Å². The minimum atomic E-state index is -0.444. The first-order chi connectivity index (χ1) is 10.8. The van der Waals surface area contributed by atoms with Crippen molar-refractivity contribution in [2.24, 2.45) is 7.05 Å². The quantitative estimate of drug-likeness (QED) is 0.867. The zero-order chi connectivity index (χ0) is 17.0. The summed E-state index contributed by atoms with van der Waals surface area (Å²) < 4.78 is 7.43. The molecule has 0 aromatic carbocycles. The smallest absolute Gasteiger partial charge is 0.410 e. The summed E-state index contributed by atoms with van der Waals surface area (Å²) in [7, 11) is 2.00. The Morgan fingerprint density at radius 2 is 2.22 bits per heavy atom. The molecule has 1 aliphatic heterocycles. The van der Waals surface area contributed by atoms with Crippen molar-refractivity contribution in [1.29, 1.82) is 0 Å². The van der Waals surface area contributed by atoms with Gasteiger partial charge in [-0.2, -0.15) is 0 Å². The summed E-state index contributed by atoms with van der Waals surface area (Å²) in [6.07, 6.45) is 6.52. The number of ether oxygens (including phenoxy) is 1. The first-order valence-electron chi connectivity index (χ1n) is 8.12. The fourth-order valence-corrected chi connectivity index (χ4v) is 2.53. The van der Waals surface area contributed by atoms with Crippen LogP contribution in [-0.2, 0) is 11.8 Å². The molecule has 0 spiro atoms. The van der Waals surface area contributed by atoms with Crippen molar-refractivity contribution in [3.8, 4) is 0 Å². The molecular formula is C17H28N4O2. The van der Waals surface area contributed by atoms with Crippen LogP contribution in [0.5, 0.6) is 0 Å². The molecule has 1 amide bonds. The largest absolute Gasteiger partial charge is 0.444 e. The zero-order valence-electron chi connectivity index (χ0n) is 14.8. The highest BCUT2D eigenvalue weighted by Crippen LogP contribution is 2.16. The molecule has 23 heavy (non-hydrogen) atoms. The number of aromatic nitrogens is 2. The van der Waals surface area contributed by atoms with Gasteiger partial charge in [-0.25, -0.2) is 9.78 Å². The maximum Gasteiger partial charge on any atom is 0.410 e. The van der Waals surface area contributed by atoms with E-state index in [-0.39, 0.29) is 12.1 Å². The molecule has 0 fully saturated rings. The Hall–Kier alpha value is -1.82. The molecule has 0 saturated carbocycles. The Morgan fingerprint density at radius 3 is 2.74 bits per heavy atom. The number of nitrogens with one attached hydrogen (secondary N) is 1. The maximum absolute atomic E-state index is 12.0. The van der Waals surface area contributed by atoms with Crippen molar-refractivity contribution >= 4 is 6.09 Å². The summed E-state index contributed by atoms with van der Waals surface area (Å²) in [6, 6.07) is 0.194. The highest BCUT2D eigenvalue weighted by atomic mass is 16.6. The summed E-state index contributed by atoms with van der Waals surface area (Å²) in [4.78, 5) is 18.1. The van der Waals surface area contributed by atoms with Gasteiger partial charge < -0.3 is 19.5 Å². The SMILES string of the molecule is CC(NCC1=CCN(C(=O)OC(C)(C)C)CC1)c1nccn1C. The number of hydrogen-bond acceptors (Lipinski definition) is 4. The van der Waals surface area contributed by atoms with Crippen LogP contribution in [0.25, 0.3) is 0 Å². The van der Waals surface area contributed by atoms with Crippen LogP contribution in [0.4, 0.5) is 4.79 Å². The molecule has 128 valence electrons. The topological polar surface area (TPSA) is 59.4 Å². The van der Waals surface area contributed by atoms with Gasteiger partial charge in [0.05, 0.1) is 6.04 Å². The van der Waals surface area contributed by atoms with Crippen LogP contribution in [0.1, 0.15) is 46.0 Å². The van der Waals surface area contributed by atoms with Crippen LogP contribution in [0.2, 0.25) is 0 Å². The minimum Gasteiger partial charge on any atom is -0.444 e. The van der Waals surface area contributed by atoms with Gasteiger partial charge in [-0.3, -0.25) is 0 Å². The van der Waals surface area contributed by atoms with E-state index in [2.05, 4.69) is 23.3 Å². The third-order valence-electron chi connectivity index (χ3n) is 3.84. The van der Waals surface area contributed by atoms with Gasteiger partial charge in [-0.05, 0) is 34.1 Å². The Balaban J connectivity index is 1.81. The lowest BCUT2D eigenvalue weighted by Gasteiger charge is -2.30. The molecule has 0 bridgehead atoms. The third kappa shape index (κ3) is 5.10. The summed E-state index contributed by atoms with van der Waals surface area (Å²) >= 11 is 0. The zero-order valence-corrected chi connectivity index (χ0v) is 14.8. The average molecular weight is 320 g/mol.